The van der Waals surface area contributed by atoms with Crippen molar-refractivity contribution in [3.05, 3.63) is 28.7 Å². The molecule has 2 aromatic heterocycles. The molecular weight excluding hydrogens is 258 g/mol. The molecule has 5 nitrogen and oxygen atoms in total. The standard InChI is InChI=1S/C13H17N5S/c1-8-6-15-13(19-8)18-12-5-11(16-9(2)17-12)10-3-4-14-7-10/h5-6,10,14H,3-4,7H2,1-2H3,(H,15,16,17,18). The highest BCUT2D eigenvalue weighted by Gasteiger charge is 2.19. The highest BCUT2D eigenvalue weighted by molar-refractivity contribution is 7.15. The van der Waals surface area contributed by atoms with Crippen LogP contribution in [0.1, 0.15) is 28.7 Å². The first-order valence-electron chi connectivity index (χ1n) is 6.46. The molecule has 0 radical (unpaired) electrons. The average molecular weight is 275 g/mol. The van der Waals surface area contributed by atoms with Gasteiger partial charge in [-0.15, -0.1) is 11.3 Å². The summed E-state index contributed by atoms with van der Waals surface area (Å²) in [6.07, 6.45) is 3.01. The lowest BCUT2D eigenvalue weighted by Crippen LogP contribution is -2.10. The van der Waals surface area contributed by atoms with Gasteiger partial charge in [0.05, 0.1) is 5.69 Å². The summed E-state index contributed by atoms with van der Waals surface area (Å²) in [6.45, 7) is 6.06. The minimum atomic E-state index is 0.500. The van der Waals surface area contributed by atoms with Crippen molar-refractivity contribution in [2.75, 3.05) is 18.4 Å². The highest BCUT2D eigenvalue weighted by atomic mass is 32.1. The molecule has 6 heteroatoms. The Morgan fingerprint density at radius 3 is 2.95 bits per heavy atom. The summed E-state index contributed by atoms with van der Waals surface area (Å²) in [7, 11) is 0. The van der Waals surface area contributed by atoms with Crippen molar-refractivity contribution in [1.29, 1.82) is 0 Å². The summed E-state index contributed by atoms with van der Waals surface area (Å²) in [4.78, 5) is 14.5. The van der Waals surface area contributed by atoms with Crippen molar-refractivity contribution in [2.45, 2.75) is 26.2 Å². The highest BCUT2D eigenvalue weighted by Crippen LogP contribution is 2.25. The molecule has 0 bridgehead atoms. The van der Waals surface area contributed by atoms with E-state index < -0.39 is 0 Å². The normalized spacial score (nSPS) is 18.7. The van der Waals surface area contributed by atoms with Crippen molar-refractivity contribution < 1.29 is 0 Å². The SMILES string of the molecule is Cc1nc(Nc2ncc(C)s2)cc(C2CCNC2)n1. The molecule has 100 valence electrons. The van der Waals surface area contributed by atoms with Crippen molar-refractivity contribution in [1.82, 2.24) is 20.3 Å². The second-order valence-electron chi connectivity index (χ2n) is 4.82. The van der Waals surface area contributed by atoms with Crippen LogP contribution in [0.15, 0.2) is 12.3 Å². The summed E-state index contributed by atoms with van der Waals surface area (Å²) in [5.74, 6) is 2.14. The van der Waals surface area contributed by atoms with Crippen LogP contribution in [0.4, 0.5) is 10.9 Å². The molecule has 2 aromatic rings. The number of aromatic nitrogens is 3. The van der Waals surface area contributed by atoms with Crippen molar-refractivity contribution in [2.24, 2.45) is 0 Å². The molecule has 1 saturated heterocycles. The third-order valence-electron chi connectivity index (χ3n) is 3.19. The summed E-state index contributed by atoms with van der Waals surface area (Å²) >= 11 is 1.63. The fraction of sp³-hybridized carbons (Fsp3) is 0.462. The molecule has 1 unspecified atom stereocenters. The predicted octanol–water partition coefficient (Wildman–Crippen LogP) is 2.37. The molecular formula is C13H17N5S. The fourth-order valence-electron chi connectivity index (χ4n) is 2.29. The van der Waals surface area contributed by atoms with Gasteiger partial charge in [0.2, 0.25) is 0 Å². The number of thiazole rings is 1. The number of hydrogen-bond donors (Lipinski definition) is 2. The third kappa shape index (κ3) is 2.90. The lowest BCUT2D eigenvalue weighted by molar-refractivity contribution is 0.725. The maximum Gasteiger partial charge on any atom is 0.188 e. The topological polar surface area (TPSA) is 62.7 Å². The molecule has 2 N–H and O–H groups in total. The predicted molar refractivity (Wildman–Crippen MR) is 77.1 cm³/mol. The Labute approximate surface area is 116 Å². The second kappa shape index (κ2) is 5.22. The summed E-state index contributed by atoms with van der Waals surface area (Å²) in [6, 6.07) is 2.04. The smallest absolute Gasteiger partial charge is 0.188 e. The van der Waals surface area contributed by atoms with Gasteiger partial charge < -0.3 is 10.6 Å². The molecule has 0 aliphatic carbocycles. The van der Waals surface area contributed by atoms with Gasteiger partial charge in [0.25, 0.3) is 0 Å². The molecule has 0 saturated carbocycles. The quantitative estimate of drug-likeness (QED) is 0.900. The zero-order chi connectivity index (χ0) is 13.2. The van der Waals surface area contributed by atoms with Crippen LogP contribution in [0.5, 0.6) is 0 Å². The van der Waals surface area contributed by atoms with E-state index in [1.807, 2.05) is 26.1 Å². The van der Waals surface area contributed by atoms with Gasteiger partial charge in [0, 0.05) is 29.6 Å². The van der Waals surface area contributed by atoms with Gasteiger partial charge in [0.1, 0.15) is 11.6 Å². The van der Waals surface area contributed by atoms with Crippen LogP contribution in [0.3, 0.4) is 0 Å². The molecule has 3 rings (SSSR count). The van der Waals surface area contributed by atoms with Crippen LogP contribution in [-0.4, -0.2) is 28.0 Å². The van der Waals surface area contributed by atoms with Gasteiger partial charge in [-0.2, -0.15) is 0 Å². The molecule has 3 heterocycles. The minimum Gasteiger partial charge on any atom is -0.316 e. The molecule has 1 fully saturated rings. The van der Waals surface area contributed by atoms with E-state index in [1.165, 1.54) is 4.88 Å². The van der Waals surface area contributed by atoms with E-state index in [0.29, 0.717) is 5.92 Å². The zero-order valence-corrected chi connectivity index (χ0v) is 11.9. The monoisotopic (exact) mass is 275 g/mol. The van der Waals surface area contributed by atoms with Gasteiger partial charge in [-0.1, -0.05) is 0 Å². The fourth-order valence-corrected chi connectivity index (χ4v) is 2.96. The van der Waals surface area contributed by atoms with Gasteiger partial charge in [-0.25, -0.2) is 15.0 Å². The summed E-state index contributed by atoms with van der Waals surface area (Å²) in [5, 5.41) is 7.52. The summed E-state index contributed by atoms with van der Waals surface area (Å²) in [5.41, 5.74) is 1.12. The number of anilines is 2. The molecule has 1 atom stereocenters. The average Bonchev–Trinajstić information content (AvgIpc) is 3.00. The molecule has 0 spiro atoms. The Hall–Kier alpha value is -1.53. The van der Waals surface area contributed by atoms with E-state index in [1.54, 1.807) is 11.3 Å². The minimum absolute atomic E-state index is 0.500. The van der Waals surface area contributed by atoms with Crippen LogP contribution in [0.25, 0.3) is 0 Å². The number of aryl methyl sites for hydroxylation is 2. The van der Waals surface area contributed by atoms with E-state index in [4.69, 9.17) is 0 Å². The number of nitrogens with zero attached hydrogens (tertiary/aromatic N) is 3. The molecule has 1 aliphatic rings. The lowest BCUT2D eigenvalue weighted by atomic mass is 10.0. The first-order chi connectivity index (χ1) is 9.20. The van der Waals surface area contributed by atoms with E-state index in [2.05, 4.69) is 25.6 Å². The van der Waals surface area contributed by atoms with E-state index >= 15 is 0 Å². The van der Waals surface area contributed by atoms with Crippen LogP contribution in [0.2, 0.25) is 0 Å². The first-order valence-corrected chi connectivity index (χ1v) is 7.28. The number of rotatable bonds is 3. The van der Waals surface area contributed by atoms with Crippen molar-refractivity contribution in [3.8, 4) is 0 Å². The maximum absolute atomic E-state index is 4.55. The second-order valence-corrected chi connectivity index (χ2v) is 6.05. The zero-order valence-electron chi connectivity index (χ0n) is 11.1. The summed E-state index contributed by atoms with van der Waals surface area (Å²) < 4.78 is 0. The lowest BCUT2D eigenvalue weighted by Gasteiger charge is -2.10. The Kier molecular flexibility index (Phi) is 3.44. The van der Waals surface area contributed by atoms with Gasteiger partial charge in [0.15, 0.2) is 5.13 Å². The van der Waals surface area contributed by atoms with Crippen LogP contribution >= 0.6 is 11.3 Å². The maximum atomic E-state index is 4.55. The largest absolute Gasteiger partial charge is 0.316 e. The Balaban J connectivity index is 1.84. The van der Waals surface area contributed by atoms with Crippen LogP contribution in [-0.2, 0) is 0 Å². The van der Waals surface area contributed by atoms with Gasteiger partial charge in [-0.05, 0) is 26.8 Å². The van der Waals surface area contributed by atoms with E-state index in [-0.39, 0.29) is 0 Å². The van der Waals surface area contributed by atoms with Crippen LogP contribution < -0.4 is 10.6 Å². The number of nitrogens with one attached hydrogen (secondary N) is 2. The Morgan fingerprint density at radius 2 is 2.26 bits per heavy atom. The molecule has 0 aromatic carbocycles. The Bertz CT molecular complexity index is 574. The van der Waals surface area contributed by atoms with Crippen LogP contribution in [0, 0.1) is 13.8 Å². The third-order valence-corrected chi connectivity index (χ3v) is 4.02. The number of hydrogen-bond acceptors (Lipinski definition) is 6. The molecule has 0 amide bonds. The van der Waals surface area contributed by atoms with E-state index in [9.17, 15) is 0 Å². The van der Waals surface area contributed by atoms with Gasteiger partial charge >= 0.3 is 0 Å². The van der Waals surface area contributed by atoms with E-state index in [0.717, 1.165) is 42.0 Å². The van der Waals surface area contributed by atoms with Crippen molar-refractivity contribution in [3.63, 3.8) is 0 Å². The van der Waals surface area contributed by atoms with Crippen molar-refractivity contribution >= 4 is 22.3 Å². The Morgan fingerprint density at radius 1 is 1.37 bits per heavy atom. The molecule has 19 heavy (non-hydrogen) atoms. The van der Waals surface area contributed by atoms with Gasteiger partial charge in [-0.3, -0.25) is 0 Å². The first kappa shape index (κ1) is 12.5. The molecule has 1 aliphatic heterocycles.